The smallest absolute Gasteiger partial charge is 0.339 e. The van der Waals surface area contributed by atoms with Crippen LogP contribution in [0.5, 0.6) is 5.75 Å². The summed E-state index contributed by atoms with van der Waals surface area (Å²) in [6.07, 6.45) is 0.877. The van der Waals surface area contributed by atoms with Crippen LogP contribution in [0.2, 0.25) is 0 Å². The Kier molecular flexibility index (Phi) is 3.85. The minimum absolute atomic E-state index is 0.0558. The lowest BCUT2D eigenvalue weighted by atomic mass is 10.0. The zero-order valence-electron chi connectivity index (χ0n) is 12.9. The van der Waals surface area contributed by atoms with E-state index in [-0.39, 0.29) is 10.8 Å². The van der Waals surface area contributed by atoms with Crippen LogP contribution < -0.4 is 9.50 Å². The van der Waals surface area contributed by atoms with Gasteiger partial charge < -0.3 is 9.50 Å². The summed E-state index contributed by atoms with van der Waals surface area (Å²) < 4.78 is 30.3. The molecule has 5 nitrogen and oxygen atoms in total. The number of benzene rings is 2. The van der Waals surface area contributed by atoms with Crippen molar-refractivity contribution in [2.24, 2.45) is 0 Å². The fourth-order valence-electron chi connectivity index (χ4n) is 2.50. The minimum Gasteiger partial charge on any atom is -0.379 e. The Morgan fingerprint density at radius 2 is 1.87 bits per heavy atom. The highest BCUT2D eigenvalue weighted by atomic mass is 32.2. The average Bonchev–Trinajstić information content (AvgIpc) is 2.51. The Morgan fingerprint density at radius 3 is 2.65 bits per heavy atom. The number of carbonyl (C=O) groups is 1. The lowest BCUT2D eigenvalue weighted by molar-refractivity contribution is -0.116. The van der Waals surface area contributed by atoms with E-state index in [1.165, 1.54) is 6.07 Å². The van der Waals surface area contributed by atoms with Gasteiger partial charge in [-0.25, -0.2) is 0 Å². The number of amides is 1. The summed E-state index contributed by atoms with van der Waals surface area (Å²) in [6, 6.07) is 9.91. The van der Waals surface area contributed by atoms with Crippen molar-refractivity contribution in [3.8, 4) is 5.75 Å². The molecule has 6 heteroatoms. The van der Waals surface area contributed by atoms with Gasteiger partial charge in [-0.05, 0) is 61.2 Å². The van der Waals surface area contributed by atoms with E-state index >= 15 is 0 Å². The molecule has 1 aliphatic rings. The van der Waals surface area contributed by atoms with Gasteiger partial charge in [0, 0.05) is 12.1 Å². The highest BCUT2D eigenvalue weighted by Crippen LogP contribution is 2.28. The molecule has 0 aliphatic carbocycles. The molecular weight excluding hydrogens is 314 g/mol. The third-order valence-corrected chi connectivity index (χ3v) is 5.25. The molecular formula is C17H17NO4S. The molecule has 1 amide bonds. The summed E-state index contributed by atoms with van der Waals surface area (Å²) in [7, 11) is -3.91. The molecule has 1 aliphatic heterocycles. The maximum atomic E-state index is 12.5. The largest absolute Gasteiger partial charge is 0.379 e. The molecule has 1 N–H and O–H groups in total. The van der Waals surface area contributed by atoms with Gasteiger partial charge in [-0.15, -0.1) is 0 Å². The molecule has 23 heavy (non-hydrogen) atoms. The van der Waals surface area contributed by atoms with Crippen molar-refractivity contribution in [1.29, 1.82) is 0 Å². The van der Waals surface area contributed by atoms with Crippen LogP contribution in [0.1, 0.15) is 23.1 Å². The summed E-state index contributed by atoms with van der Waals surface area (Å²) in [6.45, 7) is 3.72. The monoisotopic (exact) mass is 331 g/mol. The molecule has 0 atom stereocenters. The number of carbonyl (C=O) groups excluding carboxylic acids is 1. The van der Waals surface area contributed by atoms with Crippen LogP contribution in [0.25, 0.3) is 0 Å². The van der Waals surface area contributed by atoms with Crippen LogP contribution >= 0.6 is 0 Å². The van der Waals surface area contributed by atoms with Crippen molar-refractivity contribution in [2.75, 3.05) is 5.32 Å². The van der Waals surface area contributed by atoms with Gasteiger partial charge >= 0.3 is 10.1 Å². The van der Waals surface area contributed by atoms with E-state index in [1.807, 2.05) is 19.9 Å². The standard InChI is InChI=1S/C17H17NO4S/c1-11-4-3-5-16(12(11)2)22-23(20,21)14-7-8-15-13(10-14)6-9-17(19)18-15/h3-5,7-8,10H,6,9H2,1-2H3,(H,18,19). The third-order valence-electron chi connectivity index (χ3n) is 4.02. The molecule has 0 bridgehead atoms. The van der Waals surface area contributed by atoms with E-state index in [9.17, 15) is 13.2 Å². The highest BCUT2D eigenvalue weighted by Gasteiger charge is 2.22. The Balaban J connectivity index is 1.94. The number of anilines is 1. The molecule has 0 fully saturated rings. The zero-order chi connectivity index (χ0) is 16.6. The quantitative estimate of drug-likeness (QED) is 0.878. The van der Waals surface area contributed by atoms with E-state index < -0.39 is 10.1 Å². The molecule has 0 unspecified atom stereocenters. The van der Waals surface area contributed by atoms with Crippen LogP contribution in [0.4, 0.5) is 5.69 Å². The number of rotatable bonds is 3. The zero-order valence-corrected chi connectivity index (χ0v) is 13.7. The summed E-state index contributed by atoms with van der Waals surface area (Å²) in [5.41, 5.74) is 3.22. The summed E-state index contributed by atoms with van der Waals surface area (Å²) >= 11 is 0. The number of nitrogens with one attached hydrogen (secondary N) is 1. The highest BCUT2D eigenvalue weighted by molar-refractivity contribution is 7.87. The maximum Gasteiger partial charge on any atom is 0.339 e. The van der Waals surface area contributed by atoms with Gasteiger partial charge in [-0.3, -0.25) is 4.79 Å². The second-order valence-corrected chi connectivity index (χ2v) is 7.15. The van der Waals surface area contributed by atoms with Crippen molar-refractivity contribution in [2.45, 2.75) is 31.6 Å². The first-order valence-corrected chi connectivity index (χ1v) is 8.71. The van der Waals surface area contributed by atoms with E-state index in [0.717, 1.165) is 16.7 Å². The number of hydrogen-bond acceptors (Lipinski definition) is 4. The fraction of sp³-hybridized carbons (Fsp3) is 0.235. The van der Waals surface area contributed by atoms with E-state index in [2.05, 4.69) is 5.32 Å². The predicted molar refractivity (Wildman–Crippen MR) is 87.1 cm³/mol. The van der Waals surface area contributed by atoms with Gasteiger partial charge in [0.05, 0.1) is 0 Å². The first-order chi connectivity index (χ1) is 10.9. The Bertz CT molecular complexity index is 887. The summed E-state index contributed by atoms with van der Waals surface area (Å²) in [5.74, 6) is 0.274. The second kappa shape index (κ2) is 5.70. The summed E-state index contributed by atoms with van der Waals surface area (Å²) in [4.78, 5) is 11.5. The molecule has 0 spiro atoms. The molecule has 1 heterocycles. The Hall–Kier alpha value is -2.34. The van der Waals surface area contributed by atoms with Crippen LogP contribution in [0.3, 0.4) is 0 Å². The lowest BCUT2D eigenvalue weighted by Crippen LogP contribution is -2.19. The Labute approximate surface area is 135 Å². The van der Waals surface area contributed by atoms with Crippen molar-refractivity contribution >= 4 is 21.7 Å². The molecule has 0 radical (unpaired) electrons. The van der Waals surface area contributed by atoms with Crippen LogP contribution in [0.15, 0.2) is 41.3 Å². The number of fused-ring (bicyclic) bond motifs is 1. The van der Waals surface area contributed by atoms with Crippen LogP contribution in [-0.4, -0.2) is 14.3 Å². The molecule has 0 saturated heterocycles. The van der Waals surface area contributed by atoms with Crippen molar-refractivity contribution in [3.63, 3.8) is 0 Å². The van der Waals surface area contributed by atoms with Gasteiger partial charge in [0.1, 0.15) is 10.6 Å². The minimum atomic E-state index is -3.91. The van der Waals surface area contributed by atoms with E-state index in [1.54, 1.807) is 24.3 Å². The van der Waals surface area contributed by atoms with E-state index in [0.29, 0.717) is 24.3 Å². The van der Waals surface area contributed by atoms with Crippen LogP contribution in [-0.2, 0) is 21.3 Å². The molecule has 3 rings (SSSR count). The topological polar surface area (TPSA) is 72.5 Å². The van der Waals surface area contributed by atoms with Gasteiger partial charge in [0.15, 0.2) is 0 Å². The van der Waals surface area contributed by atoms with Crippen molar-refractivity contribution < 1.29 is 17.4 Å². The lowest BCUT2D eigenvalue weighted by Gasteiger charge is -2.18. The first-order valence-electron chi connectivity index (χ1n) is 7.30. The molecule has 2 aromatic carbocycles. The van der Waals surface area contributed by atoms with Gasteiger partial charge in [-0.1, -0.05) is 12.1 Å². The van der Waals surface area contributed by atoms with E-state index in [4.69, 9.17) is 4.18 Å². The molecule has 0 aromatic heterocycles. The van der Waals surface area contributed by atoms with Gasteiger partial charge in [0.2, 0.25) is 5.91 Å². The SMILES string of the molecule is Cc1cccc(OS(=O)(=O)c2ccc3c(c2)CCC(=O)N3)c1C. The normalized spacial score (nSPS) is 14.1. The van der Waals surface area contributed by atoms with Gasteiger partial charge in [-0.2, -0.15) is 8.42 Å². The first kappa shape index (κ1) is 15.6. The Morgan fingerprint density at radius 1 is 1.09 bits per heavy atom. The fourth-order valence-corrected chi connectivity index (χ4v) is 3.53. The molecule has 120 valence electrons. The predicted octanol–water partition coefficient (Wildman–Crippen LogP) is 2.96. The number of aryl methyl sites for hydroxylation is 2. The van der Waals surface area contributed by atoms with Crippen LogP contribution in [0, 0.1) is 13.8 Å². The average molecular weight is 331 g/mol. The molecule has 2 aromatic rings. The molecule has 0 saturated carbocycles. The van der Waals surface area contributed by atoms with Crippen molar-refractivity contribution in [1.82, 2.24) is 0 Å². The third kappa shape index (κ3) is 3.07. The maximum absolute atomic E-state index is 12.5. The van der Waals surface area contributed by atoms with Gasteiger partial charge in [0.25, 0.3) is 0 Å². The summed E-state index contributed by atoms with van der Waals surface area (Å²) in [5, 5.41) is 2.73. The van der Waals surface area contributed by atoms with Crippen molar-refractivity contribution in [3.05, 3.63) is 53.1 Å². The second-order valence-electron chi connectivity index (χ2n) is 5.60. The number of hydrogen-bond donors (Lipinski definition) is 1.